The smallest absolute Gasteiger partial charge is 0.220 e. The zero-order valence-corrected chi connectivity index (χ0v) is 18.1. The topological polar surface area (TPSA) is 66.0 Å². The first kappa shape index (κ1) is 20.9. The van der Waals surface area contributed by atoms with Crippen molar-refractivity contribution in [1.82, 2.24) is 5.32 Å². The molecule has 2 aromatic rings. The second-order valence-electron chi connectivity index (χ2n) is 6.75. The van der Waals surface area contributed by atoms with Crippen molar-refractivity contribution >= 4 is 17.2 Å². The van der Waals surface area contributed by atoms with Gasteiger partial charge in [-0.3, -0.25) is 4.79 Å². The maximum absolute atomic E-state index is 12.7. The second kappa shape index (κ2) is 8.69. The van der Waals surface area contributed by atoms with Crippen LogP contribution in [0.2, 0.25) is 0 Å². The summed E-state index contributed by atoms with van der Waals surface area (Å²) in [6.07, 6.45) is 1.49. The van der Waals surface area contributed by atoms with Gasteiger partial charge in [0.05, 0.1) is 39.5 Å². The van der Waals surface area contributed by atoms with E-state index in [4.69, 9.17) is 31.2 Å². The average molecular weight is 416 g/mol. The molecule has 0 radical (unpaired) electrons. The van der Waals surface area contributed by atoms with Crippen molar-refractivity contribution in [3.8, 4) is 34.1 Å². The predicted octanol–water partition coefficient (Wildman–Crippen LogP) is 3.67. The van der Waals surface area contributed by atoms with E-state index in [1.165, 1.54) is 7.11 Å². The number of aryl methyl sites for hydroxylation is 1. The monoisotopic (exact) mass is 415 g/mol. The summed E-state index contributed by atoms with van der Waals surface area (Å²) in [7, 11) is 6.26. The zero-order chi connectivity index (χ0) is 21.1. The van der Waals surface area contributed by atoms with Crippen molar-refractivity contribution < 1.29 is 18.9 Å². The maximum atomic E-state index is 12.7. The van der Waals surface area contributed by atoms with Crippen molar-refractivity contribution in [2.45, 2.75) is 25.8 Å². The molecule has 0 heterocycles. The molecule has 0 fully saturated rings. The SMILES string of the molecule is COc1cc2c(c(OC)c1OC)-c1ccc(OC)c(=O)cc1[C@@H](NC(C)=S)CC2. The molecule has 1 aliphatic carbocycles. The van der Waals surface area contributed by atoms with Gasteiger partial charge in [0.2, 0.25) is 11.2 Å². The van der Waals surface area contributed by atoms with Crippen molar-refractivity contribution in [1.29, 1.82) is 0 Å². The highest BCUT2D eigenvalue weighted by atomic mass is 32.1. The summed E-state index contributed by atoms with van der Waals surface area (Å²) in [5.74, 6) is 1.96. The highest BCUT2D eigenvalue weighted by Crippen LogP contribution is 2.50. The molecule has 6 nitrogen and oxygen atoms in total. The van der Waals surface area contributed by atoms with E-state index >= 15 is 0 Å². The second-order valence-corrected chi connectivity index (χ2v) is 7.36. The van der Waals surface area contributed by atoms with Crippen LogP contribution in [0.25, 0.3) is 11.1 Å². The standard InChI is InChI=1S/C22H25NO5S/c1-12(29)23-16-8-6-13-10-19(26-3)21(27-4)22(28-5)20(13)14-7-9-18(25-2)17(24)11-15(14)16/h7,9-11,16H,6,8H2,1-5H3,(H,23,29)/t16-/m0/s1. The van der Waals surface area contributed by atoms with Gasteiger partial charge < -0.3 is 24.3 Å². The first-order chi connectivity index (χ1) is 13.9. The fourth-order valence-electron chi connectivity index (χ4n) is 3.86. The van der Waals surface area contributed by atoms with Crippen LogP contribution in [0.15, 0.2) is 29.1 Å². The Morgan fingerprint density at radius 3 is 2.28 bits per heavy atom. The molecule has 0 aromatic heterocycles. The summed E-state index contributed by atoms with van der Waals surface area (Å²) in [4.78, 5) is 13.4. The summed E-state index contributed by atoms with van der Waals surface area (Å²) < 4.78 is 22.1. The molecule has 0 unspecified atom stereocenters. The Bertz CT molecular complexity index is 1010. The van der Waals surface area contributed by atoms with E-state index in [9.17, 15) is 4.79 Å². The molecular formula is C22H25NO5S. The van der Waals surface area contributed by atoms with Crippen molar-refractivity contribution in [2.75, 3.05) is 28.4 Å². The van der Waals surface area contributed by atoms with Crippen molar-refractivity contribution in [3.05, 3.63) is 45.6 Å². The number of benzene rings is 1. The van der Waals surface area contributed by atoms with Crippen LogP contribution in [-0.2, 0) is 6.42 Å². The minimum absolute atomic E-state index is 0.124. The molecule has 0 aliphatic heterocycles. The molecule has 0 spiro atoms. The molecule has 3 rings (SSSR count). The van der Waals surface area contributed by atoms with Crippen LogP contribution in [0.1, 0.15) is 30.5 Å². The number of nitrogens with one attached hydrogen (secondary N) is 1. The Morgan fingerprint density at radius 1 is 1.00 bits per heavy atom. The van der Waals surface area contributed by atoms with Crippen LogP contribution in [0, 0.1) is 0 Å². The summed E-state index contributed by atoms with van der Waals surface area (Å²) in [5.41, 5.74) is 3.44. The molecule has 1 atom stereocenters. The van der Waals surface area contributed by atoms with Gasteiger partial charge in [0.1, 0.15) is 0 Å². The summed E-state index contributed by atoms with van der Waals surface area (Å²) in [5, 5.41) is 3.33. The minimum Gasteiger partial charge on any atom is -0.493 e. The van der Waals surface area contributed by atoms with E-state index in [1.54, 1.807) is 33.5 Å². The van der Waals surface area contributed by atoms with Gasteiger partial charge in [0.25, 0.3) is 0 Å². The highest BCUT2D eigenvalue weighted by molar-refractivity contribution is 7.80. The third kappa shape index (κ3) is 3.87. The van der Waals surface area contributed by atoms with Crippen LogP contribution in [0.4, 0.5) is 0 Å². The molecule has 29 heavy (non-hydrogen) atoms. The van der Waals surface area contributed by atoms with Gasteiger partial charge in [0.15, 0.2) is 17.2 Å². The normalized spacial score (nSPS) is 14.7. The minimum atomic E-state index is -0.189. The van der Waals surface area contributed by atoms with Crippen LogP contribution in [0.5, 0.6) is 23.0 Å². The molecule has 0 amide bonds. The Hall–Kier alpha value is -2.80. The van der Waals surface area contributed by atoms with Gasteiger partial charge in [0, 0.05) is 5.56 Å². The number of ether oxygens (including phenoxy) is 4. The van der Waals surface area contributed by atoms with E-state index in [0.717, 1.165) is 35.1 Å². The summed E-state index contributed by atoms with van der Waals surface area (Å²) in [6.45, 7) is 1.83. The predicted molar refractivity (Wildman–Crippen MR) is 117 cm³/mol. The number of methoxy groups -OCH3 is 4. The number of hydrogen-bond acceptors (Lipinski definition) is 6. The van der Waals surface area contributed by atoms with E-state index in [1.807, 2.05) is 19.1 Å². The van der Waals surface area contributed by atoms with Crippen LogP contribution in [0.3, 0.4) is 0 Å². The lowest BCUT2D eigenvalue weighted by atomic mass is 9.95. The molecule has 1 aliphatic rings. The third-order valence-corrected chi connectivity index (χ3v) is 5.22. The van der Waals surface area contributed by atoms with Gasteiger partial charge >= 0.3 is 0 Å². The summed E-state index contributed by atoms with van der Waals surface area (Å²) >= 11 is 5.29. The van der Waals surface area contributed by atoms with Gasteiger partial charge in [-0.25, -0.2) is 0 Å². The highest BCUT2D eigenvalue weighted by Gasteiger charge is 2.29. The van der Waals surface area contributed by atoms with E-state index in [2.05, 4.69) is 5.32 Å². The molecular weight excluding hydrogens is 390 g/mol. The lowest BCUT2D eigenvalue weighted by Crippen LogP contribution is -2.25. The first-order valence-corrected chi connectivity index (χ1v) is 9.67. The molecule has 154 valence electrons. The fourth-order valence-corrected chi connectivity index (χ4v) is 4.00. The number of fused-ring (bicyclic) bond motifs is 3. The quantitative estimate of drug-likeness (QED) is 0.748. The molecule has 7 heteroatoms. The molecule has 0 saturated heterocycles. The van der Waals surface area contributed by atoms with E-state index in [0.29, 0.717) is 22.2 Å². The summed E-state index contributed by atoms with van der Waals surface area (Å²) in [6, 6.07) is 7.04. The Balaban J connectivity index is 2.41. The Morgan fingerprint density at radius 2 is 1.69 bits per heavy atom. The molecule has 0 bridgehead atoms. The lowest BCUT2D eigenvalue weighted by Gasteiger charge is -2.20. The van der Waals surface area contributed by atoms with Crippen LogP contribution in [-0.4, -0.2) is 33.4 Å². The molecule has 2 aromatic carbocycles. The third-order valence-electron chi connectivity index (χ3n) is 5.10. The van der Waals surface area contributed by atoms with E-state index in [-0.39, 0.29) is 17.2 Å². The maximum Gasteiger partial charge on any atom is 0.220 e. The largest absolute Gasteiger partial charge is 0.493 e. The fraction of sp³-hybridized carbons (Fsp3) is 0.364. The van der Waals surface area contributed by atoms with E-state index < -0.39 is 0 Å². The van der Waals surface area contributed by atoms with Gasteiger partial charge in [-0.15, -0.1) is 0 Å². The molecule has 0 saturated carbocycles. The Kier molecular flexibility index (Phi) is 6.27. The van der Waals surface area contributed by atoms with Crippen molar-refractivity contribution in [2.24, 2.45) is 0 Å². The number of rotatable bonds is 5. The van der Waals surface area contributed by atoms with Gasteiger partial charge in [-0.2, -0.15) is 0 Å². The van der Waals surface area contributed by atoms with Gasteiger partial charge in [-0.1, -0.05) is 18.3 Å². The van der Waals surface area contributed by atoms with Crippen LogP contribution < -0.4 is 29.7 Å². The van der Waals surface area contributed by atoms with Crippen molar-refractivity contribution in [3.63, 3.8) is 0 Å². The Labute approximate surface area is 175 Å². The van der Waals surface area contributed by atoms with Crippen LogP contribution >= 0.6 is 12.2 Å². The average Bonchev–Trinajstić information content (AvgIpc) is 2.95. The molecule has 1 N–H and O–H groups in total. The number of thiocarbonyl (C=S) groups is 1. The first-order valence-electron chi connectivity index (χ1n) is 9.26. The van der Waals surface area contributed by atoms with Gasteiger partial charge in [-0.05, 0) is 54.7 Å². The lowest BCUT2D eigenvalue weighted by molar-refractivity contribution is 0.324. The number of hydrogen-bond donors (Lipinski definition) is 1. The zero-order valence-electron chi connectivity index (χ0n) is 17.3.